The summed E-state index contributed by atoms with van der Waals surface area (Å²) in [6.07, 6.45) is -0.335. The molecule has 4 nitrogen and oxygen atoms in total. The van der Waals surface area contributed by atoms with Crippen LogP contribution in [0.2, 0.25) is 0 Å². The number of amides is 1. The van der Waals surface area contributed by atoms with E-state index < -0.39 is 5.60 Å². The van der Waals surface area contributed by atoms with Crippen molar-refractivity contribution in [3.05, 3.63) is 34.9 Å². The van der Waals surface area contributed by atoms with Crippen molar-refractivity contribution in [3.63, 3.8) is 0 Å². The average Bonchev–Trinajstić information content (AvgIpc) is 2.69. The summed E-state index contributed by atoms with van der Waals surface area (Å²) in [6.45, 7) is 8.02. The molecule has 1 aromatic rings. The third-order valence-electron chi connectivity index (χ3n) is 3.01. The molecule has 0 saturated carbocycles. The lowest BCUT2D eigenvalue weighted by atomic mass is 10.0. The third kappa shape index (κ3) is 2.95. The highest BCUT2D eigenvalue weighted by Gasteiger charge is 2.29. The molecule has 2 rings (SSSR count). The fourth-order valence-electron chi connectivity index (χ4n) is 2.21. The van der Waals surface area contributed by atoms with Gasteiger partial charge in [-0.15, -0.1) is 0 Å². The Bertz CT molecular complexity index is 529. The van der Waals surface area contributed by atoms with E-state index in [1.165, 1.54) is 0 Å². The number of ether oxygens (including phenoxy) is 1. The topological polar surface area (TPSA) is 46.6 Å². The molecule has 1 aliphatic rings. The summed E-state index contributed by atoms with van der Waals surface area (Å²) in [7, 11) is 0. The lowest BCUT2D eigenvalue weighted by Crippen LogP contribution is -2.33. The molecule has 1 aromatic carbocycles. The van der Waals surface area contributed by atoms with Gasteiger partial charge in [0, 0.05) is 12.1 Å². The summed E-state index contributed by atoms with van der Waals surface area (Å²) >= 11 is 0. The largest absolute Gasteiger partial charge is 0.444 e. The Kier molecular flexibility index (Phi) is 3.35. The Hall–Kier alpha value is -1.84. The fraction of sp³-hybridized carbons (Fsp3) is 0.467. The molecule has 0 radical (unpaired) electrons. The summed E-state index contributed by atoms with van der Waals surface area (Å²) < 4.78 is 5.36. The van der Waals surface area contributed by atoms with Crippen LogP contribution in [0.1, 0.15) is 49.2 Å². The predicted molar refractivity (Wildman–Crippen MR) is 71.9 cm³/mol. The number of hydrogen-bond donors (Lipinski definition) is 0. The average molecular weight is 261 g/mol. The van der Waals surface area contributed by atoms with Crippen LogP contribution in [0.5, 0.6) is 0 Å². The molecule has 0 saturated heterocycles. The lowest BCUT2D eigenvalue weighted by Gasteiger charge is -2.24. The van der Waals surface area contributed by atoms with E-state index in [0.717, 1.165) is 11.1 Å². The van der Waals surface area contributed by atoms with Crippen molar-refractivity contribution in [2.45, 2.75) is 46.4 Å². The highest BCUT2D eigenvalue weighted by Crippen LogP contribution is 2.27. The molecule has 0 atom stereocenters. The first kappa shape index (κ1) is 13.6. The number of ketones is 1. The number of rotatable bonds is 1. The maximum atomic E-state index is 12.0. The first-order valence-corrected chi connectivity index (χ1v) is 6.37. The highest BCUT2D eigenvalue weighted by atomic mass is 16.6. The number of hydrogen-bond acceptors (Lipinski definition) is 3. The second kappa shape index (κ2) is 4.68. The zero-order valence-corrected chi connectivity index (χ0v) is 11.8. The van der Waals surface area contributed by atoms with Gasteiger partial charge in [0.25, 0.3) is 0 Å². The van der Waals surface area contributed by atoms with Crippen LogP contribution in [0.4, 0.5) is 4.79 Å². The van der Waals surface area contributed by atoms with Crippen molar-refractivity contribution >= 4 is 11.9 Å². The first-order valence-electron chi connectivity index (χ1n) is 6.37. The molecule has 1 heterocycles. The van der Waals surface area contributed by atoms with Gasteiger partial charge in [-0.05, 0) is 38.8 Å². The molecular formula is C15H19NO3. The van der Waals surface area contributed by atoms with Gasteiger partial charge in [0.1, 0.15) is 5.60 Å². The van der Waals surface area contributed by atoms with Gasteiger partial charge in [-0.3, -0.25) is 9.69 Å². The SMILES string of the molecule is CC(=O)c1cccc2c1CN(C(=O)OC(C)(C)C)C2. The van der Waals surface area contributed by atoms with Crippen molar-refractivity contribution in [2.24, 2.45) is 0 Å². The lowest BCUT2D eigenvalue weighted by molar-refractivity contribution is 0.0241. The van der Waals surface area contributed by atoms with E-state index in [2.05, 4.69) is 0 Å². The minimum absolute atomic E-state index is 0.0305. The van der Waals surface area contributed by atoms with Gasteiger partial charge in [-0.2, -0.15) is 0 Å². The van der Waals surface area contributed by atoms with Gasteiger partial charge in [0.05, 0.1) is 6.54 Å². The molecule has 0 aromatic heterocycles. The normalized spacial score (nSPS) is 14.2. The van der Waals surface area contributed by atoms with E-state index in [4.69, 9.17) is 4.74 Å². The van der Waals surface area contributed by atoms with Crippen molar-refractivity contribution < 1.29 is 14.3 Å². The molecular weight excluding hydrogens is 242 g/mol. The van der Waals surface area contributed by atoms with Gasteiger partial charge >= 0.3 is 6.09 Å². The van der Waals surface area contributed by atoms with Gasteiger partial charge in [-0.1, -0.05) is 18.2 Å². The van der Waals surface area contributed by atoms with Crippen LogP contribution in [0.25, 0.3) is 0 Å². The number of nitrogens with zero attached hydrogens (tertiary/aromatic N) is 1. The summed E-state index contributed by atoms with van der Waals surface area (Å²) in [6, 6.07) is 5.61. The first-order chi connectivity index (χ1) is 8.78. The summed E-state index contributed by atoms with van der Waals surface area (Å²) in [5, 5.41) is 0. The zero-order chi connectivity index (χ0) is 14.2. The minimum Gasteiger partial charge on any atom is -0.444 e. The smallest absolute Gasteiger partial charge is 0.410 e. The van der Waals surface area contributed by atoms with Crippen molar-refractivity contribution in [3.8, 4) is 0 Å². The van der Waals surface area contributed by atoms with Gasteiger partial charge in [-0.25, -0.2) is 4.79 Å². The number of fused-ring (bicyclic) bond motifs is 1. The van der Waals surface area contributed by atoms with Gasteiger partial charge in [0.2, 0.25) is 0 Å². The fourth-order valence-corrected chi connectivity index (χ4v) is 2.21. The molecule has 0 fully saturated rings. The number of benzene rings is 1. The van der Waals surface area contributed by atoms with E-state index in [1.807, 2.05) is 32.9 Å². The maximum Gasteiger partial charge on any atom is 0.410 e. The molecule has 0 unspecified atom stereocenters. The Morgan fingerprint density at radius 1 is 1.21 bits per heavy atom. The van der Waals surface area contributed by atoms with Crippen LogP contribution in [-0.4, -0.2) is 22.4 Å². The third-order valence-corrected chi connectivity index (χ3v) is 3.01. The number of carbonyl (C=O) groups is 2. The van der Waals surface area contributed by atoms with Crippen molar-refractivity contribution in [1.82, 2.24) is 4.90 Å². The molecule has 1 aliphatic heterocycles. The molecule has 102 valence electrons. The minimum atomic E-state index is -0.505. The van der Waals surface area contributed by atoms with Crippen LogP contribution >= 0.6 is 0 Å². The molecule has 0 aliphatic carbocycles. The quantitative estimate of drug-likeness (QED) is 0.730. The summed E-state index contributed by atoms with van der Waals surface area (Å²) in [5.41, 5.74) is 2.16. The standard InChI is InChI=1S/C15H19NO3/c1-10(17)12-7-5-6-11-8-16(9-13(11)12)14(18)19-15(2,3)4/h5-7H,8-9H2,1-4H3. The molecule has 19 heavy (non-hydrogen) atoms. The predicted octanol–water partition coefficient (Wildman–Crippen LogP) is 3.14. The van der Waals surface area contributed by atoms with Crippen LogP contribution in [-0.2, 0) is 17.8 Å². The number of Topliss-reactive ketones (excluding diaryl/α,β-unsaturated/α-hetero) is 1. The summed E-state index contributed by atoms with van der Waals surface area (Å²) in [5.74, 6) is 0.0305. The number of carbonyl (C=O) groups excluding carboxylic acids is 2. The van der Waals surface area contributed by atoms with Crippen molar-refractivity contribution in [1.29, 1.82) is 0 Å². The van der Waals surface area contributed by atoms with Crippen LogP contribution < -0.4 is 0 Å². The Morgan fingerprint density at radius 3 is 2.47 bits per heavy atom. The second-order valence-corrected chi connectivity index (χ2v) is 5.84. The molecule has 0 spiro atoms. The maximum absolute atomic E-state index is 12.0. The highest BCUT2D eigenvalue weighted by molar-refractivity contribution is 5.96. The van der Waals surface area contributed by atoms with Crippen LogP contribution in [0.3, 0.4) is 0 Å². The van der Waals surface area contributed by atoms with Crippen molar-refractivity contribution in [2.75, 3.05) is 0 Å². The Balaban J connectivity index is 2.19. The molecule has 0 bridgehead atoms. The zero-order valence-electron chi connectivity index (χ0n) is 11.8. The summed E-state index contributed by atoms with van der Waals surface area (Å²) in [4.78, 5) is 25.2. The van der Waals surface area contributed by atoms with E-state index in [0.29, 0.717) is 18.7 Å². The van der Waals surface area contributed by atoms with E-state index in [-0.39, 0.29) is 11.9 Å². The second-order valence-electron chi connectivity index (χ2n) is 5.84. The van der Waals surface area contributed by atoms with E-state index in [1.54, 1.807) is 17.9 Å². The van der Waals surface area contributed by atoms with Crippen LogP contribution in [0.15, 0.2) is 18.2 Å². The monoisotopic (exact) mass is 261 g/mol. The van der Waals surface area contributed by atoms with E-state index >= 15 is 0 Å². The Labute approximate surface area is 113 Å². The molecule has 1 amide bonds. The molecule has 0 N–H and O–H groups in total. The van der Waals surface area contributed by atoms with Gasteiger partial charge in [0.15, 0.2) is 5.78 Å². The Morgan fingerprint density at radius 2 is 1.89 bits per heavy atom. The van der Waals surface area contributed by atoms with E-state index in [9.17, 15) is 9.59 Å². The van der Waals surface area contributed by atoms with Gasteiger partial charge < -0.3 is 4.74 Å². The molecule has 4 heteroatoms. The van der Waals surface area contributed by atoms with Crippen LogP contribution in [0, 0.1) is 0 Å².